The average molecular weight is 435 g/mol. The van der Waals surface area contributed by atoms with E-state index in [2.05, 4.69) is 33.8 Å². The molecule has 4 rings (SSSR count). The molecular formula is C26H34N4O2. The van der Waals surface area contributed by atoms with Crippen LogP contribution in [0.25, 0.3) is 11.2 Å². The third kappa shape index (κ3) is 4.50. The molecule has 1 unspecified atom stereocenters. The fourth-order valence-corrected chi connectivity index (χ4v) is 4.77. The van der Waals surface area contributed by atoms with Crippen molar-refractivity contribution in [3.63, 3.8) is 0 Å². The highest BCUT2D eigenvalue weighted by Gasteiger charge is 2.28. The minimum atomic E-state index is -0.0257. The van der Waals surface area contributed by atoms with Crippen molar-refractivity contribution < 1.29 is 4.79 Å². The molecule has 0 aliphatic carbocycles. The molecule has 32 heavy (non-hydrogen) atoms. The highest BCUT2D eigenvalue weighted by molar-refractivity contribution is 5.79. The maximum Gasteiger partial charge on any atom is 0.330 e. The minimum Gasteiger partial charge on any atom is -0.342 e. The third-order valence-electron chi connectivity index (χ3n) is 6.33. The summed E-state index contributed by atoms with van der Waals surface area (Å²) in [5.74, 6) is 0.359. The number of fused-ring (bicyclic) bond motifs is 1. The number of piperidine rings is 1. The third-order valence-corrected chi connectivity index (χ3v) is 6.33. The fourth-order valence-electron chi connectivity index (χ4n) is 4.77. The Bertz CT molecular complexity index is 1180. The second-order valence-corrected chi connectivity index (χ2v) is 10.4. The van der Waals surface area contributed by atoms with E-state index in [4.69, 9.17) is 4.98 Å². The largest absolute Gasteiger partial charge is 0.342 e. The number of amides is 1. The molecule has 0 saturated carbocycles. The van der Waals surface area contributed by atoms with Crippen LogP contribution in [-0.4, -0.2) is 38.0 Å². The molecule has 1 aromatic carbocycles. The number of rotatable bonds is 4. The van der Waals surface area contributed by atoms with Crippen molar-refractivity contribution >= 4 is 17.1 Å². The summed E-state index contributed by atoms with van der Waals surface area (Å²) >= 11 is 0. The monoisotopic (exact) mass is 434 g/mol. The molecule has 2 aromatic heterocycles. The second-order valence-electron chi connectivity index (χ2n) is 10.4. The van der Waals surface area contributed by atoms with E-state index < -0.39 is 0 Å². The van der Waals surface area contributed by atoms with Crippen LogP contribution < -0.4 is 5.69 Å². The van der Waals surface area contributed by atoms with Crippen LogP contribution in [0.1, 0.15) is 56.4 Å². The van der Waals surface area contributed by atoms with Gasteiger partial charge in [0.05, 0.1) is 17.6 Å². The Morgan fingerprint density at radius 1 is 1.19 bits per heavy atom. The second kappa shape index (κ2) is 8.57. The molecule has 1 aliphatic heterocycles. The number of imidazole rings is 1. The number of carbonyl (C=O) groups excluding carboxylic acids is 1. The summed E-state index contributed by atoms with van der Waals surface area (Å²) in [5.41, 5.74) is 4.74. The van der Waals surface area contributed by atoms with Crippen LogP contribution >= 0.6 is 0 Å². The summed E-state index contributed by atoms with van der Waals surface area (Å²) in [4.78, 5) is 32.8. The zero-order chi connectivity index (χ0) is 23.0. The molecule has 6 nitrogen and oxygen atoms in total. The summed E-state index contributed by atoms with van der Waals surface area (Å²) in [6.45, 7) is 10.6. The molecule has 0 spiro atoms. The molecule has 1 amide bonds. The molecule has 170 valence electrons. The molecule has 3 heterocycles. The van der Waals surface area contributed by atoms with Crippen LogP contribution in [-0.2, 0) is 24.8 Å². The molecule has 3 aromatic rings. The van der Waals surface area contributed by atoms with E-state index in [1.807, 2.05) is 39.8 Å². The van der Waals surface area contributed by atoms with Gasteiger partial charge in [-0.3, -0.25) is 13.9 Å². The topological polar surface area (TPSA) is 60.1 Å². The smallest absolute Gasteiger partial charge is 0.330 e. The number of aromatic nitrogens is 3. The Hall–Kier alpha value is -2.89. The van der Waals surface area contributed by atoms with Crippen molar-refractivity contribution in [2.45, 2.75) is 59.4 Å². The summed E-state index contributed by atoms with van der Waals surface area (Å²) in [6, 6.07) is 12.0. The van der Waals surface area contributed by atoms with E-state index in [1.165, 1.54) is 0 Å². The van der Waals surface area contributed by atoms with Gasteiger partial charge < -0.3 is 4.90 Å². The minimum absolute atomic E-state index is 0.00628. The van der Waals surface area contributed by atoms with Crippen LogP contribution in [0.5, 0.6) is 0 Å². The van der Waals surface area contributed by atoms with Gasteiger partial charge in [-0.25, -0.2) is 9.78 Å². The zero-order valence-electron chi connectivity index (χ0n) is 19.9. The lowest BCUT2D eigenvalue weighted by molar-refractivity contribution is -0.131. The van der Waals surface area contributed by atoms with Crippen molar-refractivity contribution in [1.82, 2.24) is 19.0 Å². The molecular weight excluding hydrogens is 400 g/mol. The van der Waals surface area contributed by atoms with Crippen LogP contribution in [0.2, 0.25) is 0 Å². The van der Waals surface area contributed by atoms with Gasteiger partial charge in [-0.1, -0.05) is 51.1 Å². The lowest BCUT2D eigenvalue weighted by Gasteiger charge is -2.33. The molecule has 0 N–H and O–H groups in total. The van der Waals surface area contributed by atoms with Gasteiger partial charge in [0.2, 0.25) is 5.91 Å². The molecule has 1 saturated heterocycles. The summed E-state index contributed by atoms with van der Waals surface area (Å²) in [7, 11) is 1.80. The quantitative estimate of drug-likeness (QED) is 0.623. The van der Waals surface area contributed by atoms with Crippen molar-refractivity contribution in [2.75, 3.05) is 13.1 Å². The Labute approximate surface area is 189 Å². The average Bonchev–Trinajstić information content (AvgIpc) is 2.97. The highest BCUT2D eigenvalue weighted by atomic mass is 16.2. The number of benzene rings is 1. The molecule has 6 heteroatoms. The van der Waals surface area contributed by atoms with Crippen LogP contribution in [0.15, 0.2) is 41.2 Å². The number of aryl methyl sites for hydroxylation is 2. The number of carbonyl (C=O) groups is 1. The van der Waals surface area contributed by atoms with Crippen LogP contribution in [0.3, 0.4) is 0 Å². The Kier molecular flexibility index (Phi) is 5.97. The number of pyridine rings is 1. The van der Waals surface area contributed by atoms with Gasteiger partial charge in [0.1, 0.15) is 0 Å². The highest BCUT2D eigenvalue weighted by Crippen LogP contribution is 2.30. The Morgan fingerprint density at radius 3 is 2.59 bits per heavy atom. The Morgan fingerprint density at radius 2 is 1.91 bits per heavy atom. The van der Waals surface area contributed by atoms with Crippen molar-refractivity contribution in [3.05, 3.63) is 63.7 Å². The molecule has 1 fully saturated rings. The van der Waals surface area contributed by atoms with Gasteiger partial charge in [0.25, 0.3) is 0 Å². The lowest BCUT2D eigenvalue weighted by atomic mass is 9.91. The van der Waals surface area contributed by atoms with Gasteiger partial charge >= 0.3 is 5.69 Å². The summed E-state index contributed by atoms with van der Waals surface area (Å²) < 4.78 is 3.50. The standard InChI is InChI=1S/C26H34N4O2/c1-18-14-21-24(28(5)25(32)30(21)17-26(2,3)4)27-23(18)20-12-9-13-29(16-20)22(31)15-19-10-7-6-8-11-19/h6-8,10-11,14,20H,9,12-13,15-17H2,1-5H3. The van der Waals surface area contributed by atoms with E-state index in [0.29, 0.717) is 19.5 Å². The van der Waals surface area contributed by atoms with Gasteiger partial charge in [0.15, 0.2) is 5.65 Å². The molecule has 1 atom stereocenters. The van der Waals surface area contributed by atoms with Crippen molar-refractivity contribution in [1.29, 1.82) is 0 Å². The van der Waals surface area contributed by atoms with Crippen molar-refractivity contribution in [3.8, 4) is 0 Å². The maximum atomic E-state index is 12.9. The van der Waals surface area contributed by atoms with E-state index in [-0.39, 0.29) is 22.9 Å². The van der Waals surface area contributed by atoms with Gasteiger partial charge in [-0.2, -0.15) is 0 Å². The number of nitrogens with zero attached hydrogens (tertiary/aromatic N) is 4. The van der Waals surface area contributed by atoms with Crippen LogP contribution in [0.4, 0.5) is 0 Å². The van der Waals surface area contributed by atoms with E-state index in [1.54, 1.807) is 11.6 Å². The van der Waals surface area contributed by atoms with Gasteiger partial charge in [-0.15, -0.1) is 0 Å². The lowest BCUT2D eigenvalue weighted by Crippen LogP contribution is -2.40. The molecule has 0 bridgehead atoms. The normalized spacial score (nSPS) is 17.2. The van der Waals surface area contributed by atoms with Gasteiger partial charge in [0, 0.05) is 32.6 Å². The molecule has 1 aliphatic rings. The predicted octanol–water partition coefficient (Wildman–Crippen LogP) is 4.04. The van der Waals surface area contributed by atoms with Gasteiger partial charge in [-0.05, 0) is 42.4 Å². The summed E-state index contributed by atoms with van der Waals surface area (Å²) in [5, 5.41) is 0. The zero-order valence-corrected chi connectivity index (χ0v) is 19.9. The van der Waals surface area contributed by atoms with Crippen molar-refractivity contribution in [2.24, 2.45) is 12.5 Å². The number of hydrogen-bond donors (Lipinski definition) is 0. The first kappa shape index (κ1) is 22.3. The van der Waals surface area contributed by atoms with Crippen LogP contribution in [0, 0.1) is 12.3 Å². The first-order valence-corrected chi connectivity index (χ1v) is 11.5. The first-order chi connectivity index (χ1) is 15.1. The predicted molar refractivity (Wildman–Crippen MR) is 128 cm³/mol. The summed E-state index contributed by atoms with van der Waals surface area (Å²) in [6.07, 6.45) is 2.41. The SMILES string of the molecule is Cc1cc2c(nc1C1CCCN(C(=O)Cc3ccccc3)C1)n(C)c(=O)n2CC(C)(C)C. The maximum absolute atomic E-state index is 12.9. The molecule has 0 radical (unpaired) electrons. The number of hydrogen-bond acceptors (Lipinski definition) is 3. The number of likely N-dealkylation sites (tertiary alicyclic amines) is 1. The van der Waals surface area contributed by atoms with E-state index >= 15 is 0 Å². The van der Waals surface area contributed by atoms with E-state index in [9.17, 15) is 9.59 Å². The van der Waals surface area contributed by atoms with E-state index in [0.717, 1.165) is 47.4 Å². The first-order valence-electron chi connectivity index (χ1n) is 11.5. The fraction of sp³-hybridized carbons (Fsp3) is 0.500. The Balaban J connectivity index is 1.61.